The minimum absolute atomic E-state index is 0.0315. The maximum atomic E-state index is 13.3. The number of carbonyl (C=O) groups is 1. The van der Waals surface area contributed by atoms with Crippen LogP contribution in [0.4, 0.5) is 8.78 Å². The van der Waals surface area contributed by atoms with Crippen molar-refractivity contribution in [3.63, 3.8) is 0 Å². The molecule has 0 aromatic heterocycles. The van der Waals surface area contributed by atoms with Crippen LogP contribution in [0.5, 0.6) is 0 Å². The fourth-order valence-electron chi connectivity index (χ4n) is 6.25. The van der Waals surface area contributed by atoms with Gasteiger partial charge in [0, 0.05) is 5.41 Å². The standard InChI is InChI=1S/C13H18F2O5S.C13H13S/c14-13(15,21-20-19-17)11(16)18-7-12-4-8-1-9(5-12)3-10(2-8)6-12;1-14(12-8-4-2-5-9-12)13-10-6-3-7-11-13/h8-10,17H,1-7H2;2-11H,1H3/q;+1/p-1. The Kier molecular flexibility index (Phi) is 8.76. The van der Waals surface area contributed by atoms with Crippen molar-refractivity contribution in [2.45, 2.75) is 53.6 Å². The Hall–Kier alpha value is -1.65. The molecular formula is C26H30F2O5S2. The summed E-state index contributed by atoms with van der Waals surface area (Å²) in [6.45, 7) is 0.0315. The number of rotatable bonds is 8. The number of esters is 1. The van der Waals surface area contributed by atoms with Gasteiger partial charge in [0.2, 0.25) is 0 Å². The molecule has 0 atom stereocenters. The lowest BCUT2D eigenvalue weighted by Gasteiger charge is -2.56. The van der Waals surface area contributed by atoms with Gasteiger partial charge in [0.1, 0.15) is 18.3 Å². The van der Waals surface area contributed by atoms with Crippen LogP contribution in [0.3, 0.4) is 0 Å². The smallest absolute Gasteiger partial charge is 0.415 e. The highest BCUT2D eigenvalue weighted by atomic mass is 32.2. The van der Waals surface area contributed by atoms with Crippen molar-refractivity contribution >= 4 is 28.9 Å². The zero-order valence-electron chi connectivity index (χ0n) is 19.6. The highest BCUT2D eigenvalue weighted by molar-refractivity contribution is 7.96. The lowest BCUT2D eigenvalue weighted by Crippen LogP contribution is -2.49. The molecule has 0 N–H and O–H groups in total. The van der Waals surface area contributed by atoms with E-state index in [9.17, 15) is 18.8 Å². The molecule has 0 unspecified atom stereocenters. The van der Waals surface area contributed by atoms with Crippen molar-refractivity contribution in [3.8, 4) is 0 Å². The maximum Gasteiger partial charge on any atom is 0.415 e. The van der Waals surface area contributed by atoms with E-state index in [1.54, 1.807) is 0 Å². The van der Waals surface area contributed by atoms with Crippen LogP contribution in [0.2, 0.25) is 0 Å². The van der Waals surface area contributed by atoms with E-state index in [1.165, 1.54) is 29.1 Å². The van der Waals surface area contributed by atoms with Crippen LogP contribution in [0.15, 0.2) is 70.5 Å². The molecule has 2 aromatic carbocycles. The van der Waals surface area contributed by atoms with Crippen molar-refractivity contribution < 1.29 is 32.9 Å². The molecule has 2 aromatic rings. The number of ether oxygens (including phenoxy) is 1. The lowest BCUT2D eigenvalue weighted by molar-refractivity contribution is -0.777. The molecule has 9 heteroatoms. The predicted octanol–water partition coefficient (Wildman–Crippen LogP) is 5.56. The number of hydrogen-bond donors (Lipinski definition) is 0. The van der Waals surface area contributed by atoms with Gasteiger partial charge in [-0.15, -0.1) is 0 Å². The monoisotopic (exact) mass is 524 g/mol. The quantitative estimate of drug-likeness (QED) is 0.148. The molecule has 35 heavy (non-hydrogen) atoms. The highest BCUT2D eigenvalue weighted by Crippen LogP contribution is 2.60. The molecule has 4 aliphatic carbocycles. The third-order valence-electron chi connectivity index (χ3n) is 7.27. The molecule has 0 radical (unpaired) electrons. The van der Waals surface area contributed by atoms with Crippen LogP contribution < -0.4 is 5.26 Å². The number of benzene rings is 2. The molecule has 4 fully saturated rings. The van der Waals surface area contributed by atoms with Gasteiger partial charge in [-0.3, -0.25) is 5.04 Å². The van der Waals surface area contributed by atoms with Gasteiger partial charge in [-0.1, -0.05) is 36.4 Å². The van der Waals surface area contributed by atoms with E-state index >= 15 is 0 Å². The first-order valence-electron chi connectivity index (χ1n) is 11.8. The zero-order chi connectivity index (χ0) is 24.9. The Labute approximate surface area is 211 Å². The summed E-state index contributed by atoms with van der Waals surface area (Å²) < 4.78 is 35.0. The van der Waals surface area contributed by atoms with Crippen LogP contribution in [-0.2, 0) is 29.8 Å². The summed E-state index contributed by atoms with van der Waals surface area (Å²) in [5.41, 5.74) is -0.124. The number of halogens is 2. The first kappa shape index (κ1) is 26.4. The predicted molar refractivity (Wildman–Crippen MR) is 129 cm³/mol. The number of alkyl halides is 2. The Balaban J connectivity index is 0.000000179. The second kappa shape index (κ2) is 11.6. The second-order valence-corrected chi connectivity index (χ2v) is 12.6. The number of hydrogen-bond acceptors (Lipinski definition) is 6. The van der Waals surface area contributed by atoms with Gasteiger partial charge in [0.15, 0.2) is 9.79 Å². The summed E-state index contributed by atoms with van der Waals surface area (Å²) in [5.74, 6) is 0.284. The summed E-state index contributed by atoms with van der Waals surface area (Å²) in [6, 6.07) is 21.3. The normalized spacial score (nSPS) is 26.8. The van der Waals surface area contributed by atoms with Crippen molar-refractivity contribution in [2.75, 3.05) is 12.9 Å². The molecule has 0 spiro atoms. The summed E-state index contributed by atoms with van der Waals surface area (Å²) in [6.07, 6.45) is 8.85. The van der Waals surface area contributed by atoms with Gasteiger partial charge in [-0.05, 0) is 80.5 Å². The zero-order valence-corrected chi connectivity index (χ0v) is 21.2. The van der Waals surface area contributed by atoms with Gasteiger partial charge in [-0.25, -0.2) is 4.79 Å². The van der Waals surface area contributed by atoms with E-state index in [1.807, 2.05) is 0 Å². The van der Waals surface area contributed by atoms with Gasteiger partial charge in [0.25, 0.3) is 0 Å². The lowest BCUT2D eigenvalue weighted by atomic mass is 9.50. The molecule has 4 aliphatic rings. The summed E-state index contributed by atoms with van der Waals surface area (Å²) >= 11 is -0.639. The van der Waals surface area contributed by atoms with E-state index in [0.29, 0.717) is 17.8 Å². The molecule has 4 saturated carbocycles. The van der Waals surface area contributed by atoms with E-state index in [4.69, 9.17) is 4.74 Å². The molecule has 0 saturated heterocycles. The van der Waals surface area contributed by atoms with Crippen LogP contribution in [0.1, 0.15) is 38.5 Å². The molecule has 190 valence electrons. The Morgan fingerprint density at radius 1 is 0.971 bits per heavy atom. The van der Waals surface area contributed by atoms with E-state index in [0.717, 1.165) is 19.3 Å². The average Bonchev–Trinajstić information content (AvgIpc) is 2.86. The Morgan fingerprint density at radius 3 is 1.86 bits per heavy atom. The molecule has 0 amide bonds. The van der Waals surface area contributed by atoms with E-state index < -0.39 is 23.3 Å². The van der Waals surface area contributed by atoms with Gasteiger partial charge in [-0.2, -0.15) is 13.1 Å². The summed E-state index contributed by atoms with van der Waals surface area (Å²) in [5, 5.41) is 8.45. The first-order chi connectivity index (χ1) is 16.8. The van der Waals surface area contributed by atoms with Crippen molar-refractivity contribution in [1.29, 1.82) is 0 Å². The molecule has 0 aliphatic heterocycles. The number of carbonyl (C=O) groups excluding carboxylic acids is 1. The second-order valence-electron chi connectivity index (χ2n) is 9.87. The van der Waals surface area contributed by atoms with Crippen molar-refractivity contribution in [2.24, 2.45) is 23.2 Å². The van der Waals surface area contributed by atoms with Gasteiger partial charge >= 0.3 is 11.2 Å². The summed E-state index contributed by atoms with van der Waals surface area (Å²) in [4.78, 5) is 14.2. The van der Waals surface area contributed by atoms with Crippen molar-refractivity contribution in [1.82, 2.24) is 0 Å². The third-order valence-corrected chi connectivity index (χ3v) is 9.73. The first-order valence-corrected chi connectivity index (χ1v) is 14.1. The van der Waals surface area contributed by atoms with Crippen LogP contribution >= 0.6 is 12.0 Å². The SMILES string of the molecule is C[S+](c1ccccc1)c1ccccc1.O=C(OCC12CC3CC(CC(C3)C1)C2)C(F)(F)SOO[O-]. The fraction of sp³-hybridized carbons (Fsp3) is 0.500. The fourth-order valence-corrected chi connectivity index (χ4v) is 7.89. The molecular weight excluding hydrogens is 494 g/mol. The van der Waals surface area contributed by atoms with Crippen LogP contribution in [-0.4, -0.2) is 24.1 Å². The van der Waals surface area contributed by atoms with E-state index in [-0.39, 0.29) is 22.9 Å². The average molecular weight is 525 g/mol. The molecule has 4 bridgehead atoms. The molecule has 6 rings (SSSR count). The van der Waals surface area contributed by atoms with Crippen molar-refractivity contribution in [3.05, 3.63) is 60.7 Å². The maximum absolute atomic E-state index is 13.3. The Bertz CT molecular complexity index is 886. The van der Waals surface area contributed by atoms with Gasteiger partial charge in [0.05, 0.1) is 17.5 Å². The summed E-state index contributed by atoms with van der Waals surface area (Å²) in [7, 11) is 0.203. The van der Waals surface area contributed by atoms with Crippen LogP contribution in [0, 0.1) is 23.2 Å². The van der Waals surface area contributed by atoms with Gasteiger partial charge < -0.3 is 9.99 Å². The van der Waals surface area contributed by atoms with E-state index in [2.05, 4.69) is 76.3 Å². The third kappa shape index (κ3) is 6.77. The molecule has 0 heterocycles. The molecule has 5 nitrogen and oxygen atoms in total. The highest BCUT2D eigenvalue weighted by Gasteiger charge is 2.52. The van der Waals surface area contributed by atoms with Crippen LogP contribution in [0.25, 0.3) is 0 Å². The minimum Gasteiger partial charge on any atom is -0.691 e. The minimum atomic E-state index is -3.94. The topological polar surface area (TPSA) is 67.8 Å². The Morgan fingerprint density at radius 2 is 1.43 bits per heavy atom. The largest absolute Gasteiger partial charge is 0.691 e.